The molecule has 2 rings (SSSR count). The monoisotopic (exact) mass is 205 g/mol. The van der Waals surface area contributed by atoms with Crippen LogP contribution < -0.4 is 5.32 Å². The summed E-state index contributed by atoms with van der Waals surface area (Å²) in [5.74, 6) is 0. The van der Waals surface area contributed by atoms with Crippen LogP contribution in [-0.4, -0.2) is 12.6 Å². The predicted molar refractivity (Wildman–Crippen MR) is 57.7 cm³/mol. The van der Waals surface area contributed by atoms with Crippen molar-refractivity contribution in [2.45, 2.75) is 25.9 Å². The van der Waals surface area contributed by atoms with E-state index in [-0.39, 0.29) is 6.09 Å². The van der Waals surface area contributed by atoms with Crippen molar-refractivity contribution >= 4 is 6.09 Å². The molecule has 0 saturated carbocycles. The fraction of sp³-hybridized carbons (Fsp3) is 0.417. The minimum Gasteiger partial charge on any atom is -0.436 e. The van der Waals surface area contributed by atoms with Gasteiger partial charge in [0.15, 0.2) is 5.60 Å². The topological polar surface area (TPSA) is 38.3 Å². The highest BCUT2D eigenvalue weighted by Gasteiger charge is 2.37. The highest BCUT2D eigenvalue weighted by molar-refractivity contribution is 5.70. The lowest BCUT2D eigenvalue weighted by molar-refractivity contribution is 0.0704. The quantitative estimate of drug-likeness (QED) is 0.803. The van der Waals surface area contributed by atoms with Gasteiger partial charge in [-0.25, -0.2) is 4.79 Å². The number of hydrogen-bond donors (Lipinski definition) is 1. The third-order valence-electron chi connectivity index (χ3n) is 2.86. The zero-order chi connectivity index (χ0) is 10.9. The molecule has 1 N–H and O–H groups in total. The molecule has 1 aliphatic heterocycles. The van der Waals surface area contributed by atoms with Crippen molar-refractivity contribution in [3.8, 4) is 0 Å². The van der Waals surface area contributed by atoms with Crippen LogP contribution in [0.1, 0.15) is 25.0 Å². The highest BCUT2D eigenvalue weighted by atomic mass is 16.6. The van der Waals surface area contributed by atoms with E-state index < -0.39 is 5.60 Å². The lowest BCUT2D eigenvalue weighted by atomic mass is 9.95. The number of carbonyl (C=O) groups is 1. The lowest BCUT2D eigenvalue weighted by Crippen LogP contribution is -2.26. The molecule has 0 radical (unpaired) electrons. The number of ether oxygens (including phenoxy) is 1. The number of hydrogen-bond acceptors (Lipinski definition) is 2. The Morgan fingerprint density at radius 2 is 2.07 bits per heavy atom. The second-order valence-corrected chi connectivity index (χ2v) is 4.02. The summed E-state index contributed by atoms with van der Waals surface area (Å²) in [7, 11) is 0. The Kier molecular flexibility index (Phi) is 2.39. The molecule has 0 aromatic heterocycles. The van der Waals surface area contributed by atoms with Gasteiger partial charge in [-0.05, 0) is 24.5 Å². The van der Waals surface area contributed by atoms with Crippen LogP contribution in [0.5, 0.6) is 0 Å². The van der Waals surface area contributed by atoms with E-state index in [9.17, 15) is 4.79 Å². The van der Waals surface area contributed by atoms with Gasteiger partial charge in [0.1, 0.15) is 0 Å². The largest absolute Gasteiger partial charge is 0.436 e. The molecule has 0 bridgehead atoms. The van der Waals surface area contributed by atoms with E-state index in [1.165, 1.54) is 5.56 Å². The Labute approximate surface area is 89.4 Å². The Balaban J connectivity index is 2.25. The number of alkyl carbamates (subject to hydrolysis) is 1. The standard InChI is InChI=1S/C12H15NO2/c1-3-9-4-6-10(7-5-9)12(2)8-13-11(14)15-12/h4-7H,3,8H2,1-2H3,(H,13,14). The Bertz CT molecular complexity index is 372. The van der Waals surface area contributed by atoms with E-state index in [4.69, 9.17) is 4.74 Å². The van der Waals surface area contributed by atoms with Crippen LogP contribution in [0.25, 0.3) is 0 Å². The van der Waals surface area contributed by atoms with Gasteiger partial charge < -0.3 is 10.1 Å². The van der Waals surface area contributed by atoms with E-state index in [0.717, 1.165) is 12.0 Å². The lowest BCUT2D eigenvalue weighted by Gasteiger charge is -2.21. The molecule has 0 aliphatic carbocycles. The maximum absolute atomic E-state index is 11.0. The summed E-state index contributed by atoms with van der Waals surface area (Å²) < 4.78 is 5.26. The molecule has 3 nitrogen and oxygen atoms in total. The molecule has 1 aromatic rings. The van der Waals surface area contributed by atoms with Gasteiger partial charge in [-0.15, -0.1) is 0 Å². The molecule has 1 atom stereocenters. The third-order valence-corrected chi connectivity index (χ3v) is 2.86. The first-order valence-corrected chi connectivity index (χ1v) is 5.20. The molecule has 1 amide bonds. The van der Waals surface area contributed by atoms with E-state index in [1.54, 1.807) is 0 Å². The molecule has 3 heteroatoms. The minimum absolute atomic E-state index is 0.336. The molecule has 0 spiro atoms. The van der Waals surface area contributed by atoms with Gasteiger partial charge in [-0.2, -0.15) is 0 Å². The van der Waals surface area contributed by atoms with E-state index in [0.29, 0.717) is 6.54 Å². The first-order valence-electron chi connectivity index (χ1n) is 5.20. The van der Waals surface area contributed by atoms with Gasteiger partial charge in [0.25, 0.3) is 0 Å². The molecule has 1 fully saturated rings. The van der Waals surface area contributed by atoms with Gasteiger partial charge in [-0.1, -0.05) is 31.2 Å². The summed E-state index contributed by atoms with van der Waals surface area (Å²) in [6.07, 6.45) is 0.687. The Hall–Kier alpha value is -1.51. The van der Waals surface area contributed by atoms with Crippen molar-refractivity contribution in [2.24, 2.45) is 0 Å². The summed E-state index contributed by atoms with van der Waals surface area (Å²) >= 11 is 0. The second-order valence-electron chi connectivity index (χ2n) is 4.02. The summed E-state index contributed by atoms with van der Waals surface area (Å²) in [5.41, 5.74) is 1.82. The highest BCUT2D eigenvalue weighted by Crippen LogP contribution is 2.28. The summed E-state index contributed by atoms with van der Waals surface area (Å²) in [4.78, 5) is 11.0. The van der Waals surface area contributed by atoms with Crippen LogP contribution in [-0.2, 0) is 16.8 Å². The van der Waals surface area contributed by atoms with Crippen molar-refractivity contribution in [3.05, 3.63) is 35.4 Å². The predicted octanol–water partition coefficient (Wildman–Crippen LogP) is 2.20. The summed E-state index contributed by atoms with van der Waals surface area (Å²) in [6.45, 7) is 4.58. The van der Waals surface area contributed by atoms with Crippen molar-refractivity contribution < 1.29 is 9.53 Å². The van der Waals surface area contributed by atoms with Gasteiger partial charge in [0, 0.05) is 0 Å². The first-order chi connectivity index (χ1) is 7.14. The van der Waals surface area contributed by atoms with Crippen LogP contribution in [0.3, 0.4) is 0 Å². The number of nitrogens with one attached hydrogen (secondary N) is 1. The van der Waals surface area contributed by atoms with E-state index in [1.807, 2.05) is 19.1 Å². The number of carbonyl (C=O) groups excluding carboxylic acids is 1. The minimum atomic E-state index is -0.511. The van der Waals surface area contributed by atoms with Gasteiger partial charge in [0.05, 0.1) is 6.54 Å². The van der Waals surface area contributed by atoms with Crippen molar-refractivity contribution in [3.63, 3.8) is 0 Å². The van der Waals surface area contributed by atoms with Crippen molar-refractivity contribution in [1.82, 2.24) is 5.32 Å². The maximum Gasteiger partial charge on any atom is 0.408 e. The Morgan fingerprint density at radius 3 is 2.53 bits per heavy atom. The summed E-state index contributed by atoms with van der Waals surface area (Å²) in [5, 5.41) is 2.68. The van der Waals surface area contributed by atoms with Crippen LogP contribution in [0, 0.1) is 0 Å². The molecule has 1 aliphatic rings. The van der Waals surface area contributed by atoms with Crippen molar-refractivity contribution in [2.75, 3.05) is 6.54 Å². The third kappa shape index (κ3) is 1.82. The fourth-order valence-corrected chi connectivity index (χ4v) is 1.77. The summed E-state index contributed by atoms with van der Waals surface area (Å²) in [6, 6.07) is 8.21. The molecular formula is C12H15NO2. The normalized spacial score (nSPS) is 24.8. The van der Waals surface area contributed by atoms with Crippen LogP contribution in [0.2, 0.25) is 0 Å². The van der Waals surface area contributed by atoms with Crippen LogP contribution in [0.4, 0.5) is 4.79 Å². The van der Waals surface area contributed by atoms with Gasteiger partial charge in [0.2, 0.25) is 0 Å². The molecule has 1 heterocycles. The molecule has 1 aromatic carbocycles. The molecule has 1 saturated heterocycles. The molecular weight excluding hydrogens is 190 g/mol. The van der Waals surface area contributed by atoms with Crippen LogP contribution >= 0.6 is 0 Å². The van der Waals surface area contributed by atoms with E-state index in [2.05, 4.69) is 24.4 Å². The smallest absolute Gasteiger partial charge is 0.408 e. The zero-order valence-corrected chi connectivity index (χ0v) is 9.04. The molecule has 80 valence electrons. The molecule has 15 heavy (non-hydrogen) atoms. The zero-order valence-electron chi connectivity index (χ0n) is 9.04. The number of rotatable bonds is 2. The van der Waals surface area contributed by atoms with Gasteiger partial charge >= 0.3 is 6.09 Å². The van der Waals surface area contributed by atoms with Crippen LogP contribution in [0.15, 0.2) is 24.3 Å². The number of aryl methyl sites for hydroxylation is 1. The second kappa shape index (κ2) is 3.57. The molecule has 1 unspecified atom stereocenters. The van der Waals surface area contributed by atoms with Gasteiger partial charge in [-0.3, -0.25) is 0 Å². The number of cyclic esters (lactones) is 1. The fourth-order valence-electron chi connectivity index (χ4n) is 1.77. The van der Waals surface area contributed by atoms with Crippen molar-refractivity contribution in [1.29, 1.82) is 0 Å². The average molecular weight is 205 g/mol. The maximum atomic E-state index is 11.0. The number of benzene rings is 1. The Morgan fingerprint density at radius 1 is 1.40 bits per heavy atom. The van der Waals surface area contributed by atoms with E-state index >= 15 is 0 Å². The number of amides is 1. The average Bonchev–Trinajstić information content (AvgIpc) is 2.60. The first kappa shape index (κ1) is 10.0. The SMILES string of the molecule is CCc1ccc(C2(C)CNC(=O)O2)cc1.